The van der Waals surface area contributed by atoms with Crippen molar-refractivity contribution in [2.24, 2.45) is 4.99 Å². The number of aliphatic imine (C=N–C) groups is 1. The zero-order valence-corrected chi connectivity index (χ0v) is 9.40. The fraction of sp³-hybridized carbons (Fsp3) is 0.214. The second-order valence-corrected chi connectivity index (χ2v) is 3.71. The summed E-state index contributed by atoms with van der Waals surface area (Å²) in [5, 5.41) is 0. The van der Waals surface area contributed by atoms with Crippen LogP contribution in [-0.2, 0) is 0 Å². The van der Waals surface area contributed by atoms with Gasteiger partial charge in [-0.25, -0.2) is 0 Å². The van der Waals surface area contributed by atoms with E-state index >= 15 is 0 Å². The molecular weight excluding hydrogens is 182 g/mol. The summed E-state index contributed by atoms with van der Waals surface area (Å²) in [6.07, 6.45) is 5.19. The lowest BCUT2D eigenvalue weighted by molar-refractivity contribution is 0.866. The van der Waals surface area contributed by atoms with Crippen LogP contribution in [0.15, 0.2) is 42.5 Å². The predicted molar refractivity (Wildman–Crippen MR) is 68.4 cm³/mol. The van der Waals surface area contributed by atoms with Crippen molar-refractivity contribution in [3.63, 3.8) is 0 Å². The molecule has 0 N–H and O–H groups in total. The summed E-state index contributed by atoms with van der Waals surface area (Å²) in [4.78, 5) is 4.04. The molecule has 0 aliphatic rings. The van der Waals surface area contributed by atoms with Gasteiger partial charge in [-0.2, -0.15) is 0 Å². The third kappa shape index (κ3) is 2.91. The molecule has 1 aromatic rings. The van der Waals surface area contributed by atoms with Crippen LogP contribution in [0, 0.1) is 0 Å². The Balaban J connectivity index is 3.18. The Labute approximate surface area is 91.9 Å². The first-order chi connectivity index (χ1) is 7.19. The highest BCUT2D eigenvalue weighted by Crippen LogP contribution is 2.18. The van der Waals surface area contributed by atoms with Crippen LogP contribution in [0.4, 0.5) is 0 Å². The SMILES string of the molecule is C=C/N=C\c1cc(C(C)C)ccc1C=C. The lowest BCUT2D eigenvalue weighted by Gasteiger charge is -2.08. The summed E-state index contributed by atoms with van der Waals surface area (Å²) in [6.45, 7) is 11.7. The van der Waals surface area contributed by atoms with E-state index in [0.717, 1.165) is 11.1 Å². The molecule has 0 unspecified atom stereocenters. The number of benzene rings is 1. The molecule has 78 valence electrons. The monoisotopic (exact) mass is 199 g/mol. The summed E-state index contributed by atoms with van der Waals surface area (Å²) in [6, 6.07) is 6.36. The van der Waals surface area contributed by atoms with Crippen molar-refractivity contribution in [1.29, 1.82) is 0 Å². The molecule has 0 spiro atoms. The summed E-state index contributed by atoms with van der Waals surface area (Å²) in [7, 11) is 0. The van der Waals surface area contributed by atoms with Crippen LogP contribution >= 0.6 is 0 Å². The first kappa shape index (κ1) is 11.4. The van der Waals surface area contributed by atoms with E-state index in [2.05, 4.69) is 50.2 Å². The third-order valence-corrected chi connectivity index (χ3v) is 2.32. The van der Waals surface area contributed by atoms with E-state index in [1.807, 2.05) is 12.3 Å². The van der Waals surface area contributed by atoms with Crippen molar-refractivity contribution >= 4 is 12.3 Å². The van der Waals surface area contributed by atoms with E-state index in [1.165, 1.54) is 11.8 Å². The molecule has 0 aliphatic heterocycles. The second kappa shape index (κ2) is 5.30. The molecule has 0 atom stereocenters. The molecule has 0 fully saturated rings. The summed E-state index contributed by atoms with van der Waals surface area (Å²) in [5.41, 5.74) is 3.51. The van der Waals surface area contributed by atoms with Crippen LogP contribution in [0.2, 0.25) is 0 Å². The van der Waals surface area contributed by atoms with Crippen molar-refractivity contribution < 1.29 is 0 Å². The van der Waals surface area contributed by atoms with Crippen LogP contribution < -0.4 is 0 Å². The minimum Gasteiger partial charge on any atom is -0.265 e. The highest BCUT2D eigenvalue weighted by molar-refractivity contribution is 5.86. The Morgan fingerprint density at radius 1 is 1.20 bits per heavy atom. The van der Waals surface area contributed by atoms with Crippen LogP contribution in [0.3, 0.4) is 0 Å². The number of hydrogen-bond acceptors (Lipinski definition) is 1. The van der Waals surface area contributed by atoms with Crippen LogP contribution in [0.1, 0.15) is 36.5 Å². The van der Waals surface area contributed by atoms with Crippen molar-refractivity contribution in [3.8, 4) is 0 Å². The fourth-order valence-corrected chi connectivity index (χ4v) is 1.38. The predicted octanol–water partition coefficient (Wildman–Crippen LogP) is 4.02. The Kier molecular flexibility index (Phi) is 4.04. The van der Waals surface area contributed by atoms with Crippen molar-refractivity contribution in [2.75, 3.05) is 0 Å². The van der Waals surface area contributed by atoms with E-state index in [4.69, 9.17) is 0 Å². The van der Waals surface area contributed by atoms with Crippen LogP contribution in [-0.4, -0.2) is 6.21 Å². The fourth-order valence-electron chi connectivity index (χ4n) is 1.38. The van der Waals surface area contributed by atoms with Crippen molar-refractivity contribution in [2.45, 2.75) is 19.8 Å². The first-order valence-electron chi connectivity index (χ1n) is 5.09. The summed E-state index contributed by atoms with van der Waals surface area (Å²) in [5.74, 6) is 0.528. The minimum atomic E-state index is 0.528. The Morgan fingerprint density at radius 3 is 2.47 bits per heavy atom. The summed E-state index contributed by atoms with van der Waals surface area (Å²) >= 11 is 0. The maximum atomic E-state index is 4.04. The van der Waals surface area contributed by atoms with E-state index < -0.39 is 0 Å². The maximum Gasteiger partial charge on any atom is 0.0346 e. The third-order valence-electron chi connectivity index (χ3n) is 2.32. The lowest BCUT2D eigenvalue weighted by atomic mass is 9.98. The molecule has 0 bridgehead atoms. The highest BCUT2D eigenvalue weighted by atomic mass is 14.7. The van der Waals surface area contributed by atoms with Gasteiger partial charge in [-0.3, -0.25) is 4.99 Å². The van der Waals surface area contributed by atoms with Gasteiger partial charge in [0.2, 0.25) is 0 Å². The van der Waals surface area contributed by atoms with E-state index in [-0.39, 0.29) is 0 Å². The smallest absolute Gasteiger partial charge is 0.0346 e. The molecule has 0 radical (unpaired) electrons. The van der Waals surface area contributed by atoms with Gasteiger partial charge in [0.25, 0.3) is 0 Å². The molecule has 15 heavy (non-hydrogen) atoms. The standard InChI is InChI=1S/C14H17N/c1-5-12-7-8-13(11(3)4)9-14(12)10-15-6-2/h5-11H,1-2H2,3-4H3/b15-10-. The lowest BCUT2D eigenvalue weighted by Crippen LogP contribution is -1.93. The van der Waals surface area contributed by atoms with E-state index in [0.29, 0.717) is 5.92 Å². The molecule has 1 rings (SSSR count). The normalized spacial score (nSPS) is 10.9. The molecule has 0 heterocycles. The van der Waals surface area contributed by atoms with Gasteiger partial charge >= 0.3 is 0 Å². The second-order valence-electron chi connectivity index (χ2n) is 3.71. The number of nitrogens with zero attached hydrogens (tertiary/aromatic N) is 1. The Morgan fingerprint density at radius 2 is 1.93 bits per heavy atom. The molecule has 0 saturated heterocycles. The molecular formula is C14H17N. The highest BCUT2D eigenvalue weighted by Gasteiger charge is 2.02. The van der Waals surface area contributed by atoms with Gasteiger partial charge in [0, 0.05) is 18.0 Å². The van der Waals surface area contributed by atoms with Gasteiger partial charge in [0.05, 0.1) is 0 Å². The maximum absolute atomic E-state index is 4.04. The molecule has 1 aromatic carbocycles. The zero-order valence-electron chi connectivity index (χ0n) is 9.40. The van der Waals surface area contributed by atoms with Crippen LogP contribution in [0.5, 0.6) is 0 Å². The van der Waals surface area contributed by atoms with Crippen molar-refractivity contribution in [1.82, 2.24) is 0 Å². The Hall–Kier alpha value is -1.63. The van der Waals surface area contributed by atoms with Gasteiger partial charge in [-0.15, -0.1) is 0 Å². The molecule has 1 nitrogen and oxygen atoms in total. The quantitative estimate of drug-likeness (QED) is 0.649. The van der Waals surface area contributed by atoms with Gasteiger partial charge in [0.1, 0.15) is 0 Å². The average Bonchev–Trinajstić information content (AvgIpc) is 2.25. The zero-order chi connectivity index (χ0) is 11.3. The van der Waals surface area contributed by atoms with Crippen molar-refractivity contribution in [3.05, 3.63) is 54.2 Å². The Bertz CT molecular complexity index is 386. The molecule has 1 heteroatoms. The molecule has 0 aliphatic carbocycles. The van der Waals surface area contributed by atoms with Crippen LogP contribution in [0.25, 0.3) is 6.08 Å². The summed E-state index contributed by atoms with van der Waals surface area (Å²) < 4.78 is 0. The molecule has 0 amide bonds. The molecule has 0 saturated carbocycles. The average molecular weight is 199 g/mol. The van der Waals surface area contributed by atoms with E-state index in [1.54, 1.807) is 0 Å². The van der Waals surface area contributed by atoms with Gasteiger partial charge < -0.3 is 0 Å². The minimum absolute atomic E-state index is 0.528. The van der Waals surface area contributed by atoms with Gasteiger partial charge in [0.15, 0.2) is 0 Å². The number of rotatable bonds is 4. The topological polar surface area (TPSA) is 12.4 Å². The van der Waals surface area contributed by atoms with Gasteiger partial charge in [-0.1, -0.05) is 45.2 Å². The van der Waals surface area contributed by atoms with E-state index in [9.17, 15) is 0 Å². The number of hydrogen-bond donors (Lipinski definition) is 0. The first-order valence-corrected chi connectivity index (χ1v) is 5.09. The largest absolute Gasteiger partial charge is 0.265 e. The molecule has 0 aromatic heterocycles. The van der Waals surface area contributed by atoms with Gasteiger partial charge in [-0.05, 0) is 23.1 Å².